The van der Waals surface area contributed by atoms with E-state index in [-0.39, 0.29) is 23.4 Å². The van der Waals surface area contributed by atoms with Crippen LogP contribution in [0.3, 0.4) is 0 Å². The zero-order valence-electron chi connectivity index (χ0n) is 20.9. The molecule has 1 heterocycles. The van der Waals surface area contributed by atoms with Gasteiger partial charge in [0, 0.05) is 30.6 Å². The van der Waals surface area contributed by atoms with Crippen molar-refractivity contribution < 1.29 is 28.7 Å². The smallest absolute Gasteiger partial charge is 0.337 e. The van der Waals surface area contributed by atoms with Crippen LogP contribution in [0, 0.1) is 10.1 Å². The highest BCUT2D eigenvalue weighted by molar-refractivity contribution is 6.00. The van der Waals surface area contributed by atoms with Gasteiger partial charge in [-0.2, -0.15) is 0 Å². The van der Waals surface area contributed by atoms with Crippen molar-refractivity contribution in [2.45, 2.75) is 45.8 Å². The number of ether oxygens (including phenoxy) is 3. The third-order valence-corrected chi connectivity index (χ3v) is 5.78. The van der Waals surface area contributed by atoms with Crippen molar-refractivity contribution in [3.05, 3.63) is 98.4 Å². The monoisotopic (exact) mass is 494 g/mol. The first kappa shape index (κ1) is 26.6. The lowest BCUT2D eigenvalue weighted by Gasteiger charge is -2.31. The number of carbonyl (C=O) groups excluding carboxylic acids is 2. The fourth-order valence-electron chi connectivity index (χ4n) is 4.16. The van der Waals surface area contributed by atoms with Gasteiger partial charge in [0.2, 0.25) is 0 Å². The molecule has 0 spiro atoms. The quantitative estimate of drug-likeness (QED) is 0.303. The van der Waals surface area contributed by atoms with E-state index in [9.17, 15) is 19.7 Å². The van der Waals surface area contributed by atoms with Crippen LogP contribution < -0.4 is 5.32 Å². The van der Waals surface area contributed by atoms with Gasteiger partial charge in [0.1, 0.15) is 12.7 Å². The molecule has 0 bridgehead atoms. The third-order valence-electron chi connectivity index (χ3n) is 5.78. The average molecular weight is 495 g/mol. The summed E-state index contributed by atoms with van der Waals surface area (Å²) >= 11 is 0. The van der Waals surface area contributed by atoms with Crippen LogP contribution in [0.4, 0.5) is 5.69 Å². The van der Waals surface area contributed by atoms with Crippen molar-refractivity contribution in [2.75, 3.05) is 13.7 Å². The molecule has 0 aromatic heterocycles. The van der Waals surface area contributed by atoms with Gasteiger partial charge in [0.25, 0.3) is 5.69 Å². The predicted octanol–water partition coefficient (Wildman–Crippen LogP) is 4.71. The summed E-state index contributed by atoms with van der Waals surface area (Å²) in [5.74, 6) is -2.22. The Morgan fingerprint density at radius 1 is 1.00 bits per heavy atom. The molecule has 2 aromatic carbocycles. The number of methoxy groups -OCH3 is 1. The summed E-state index contributed by atoms with van der Waals surface area (Å²) in [6.45, 7) is 6.77. The molecule has 1 aliphatic heterocycles. The Kier molecular flexibility index (Phi) is 8.60. The second-order valence-electron chi connectivity index (χ2n) is 8.68. The predicted molar refractivity (Wildman–Crippen MR) is 133 cm³/mol. The molecule has 2 aromatic rings. The summed E-state index contributed by atoms with van der Waals surface area (Å²) in [5.41, 5.74) is 2.40. The van der Waals surface area contributed by atoms with Crippen molar-refractivity contribution >= 4 is 17.6 Å². The highest BCUT2D eigenvalue weighted by Crippen LogP contribution is 2.40. The zero-order valence-corrected chi connectivity index (χ0v) is 20.9. The Morgan fingerprint density at radius 2 is 1.64 bits per heavy atom. The summed E-state index contributed by atoms with van der Waals surface area (Å²) in [4.78, 5) is 37.6. The normalized spacial score (nSPS) is 16.4. The maximum atomic E-state index is 13.5. The number of allylic oxidation sites excluding steroid dienone is 2. The average Bonchev–Trinajstić information content (AvgIpc) is 2.84. The summed E-state index contributed by atoms with van der Waals surface area (Å²) in [6.07, 6.45) is -0.897. The van der Waals surface area contributed by atoms with Crippen molar-refractivity contribution in [1.82, 2.24) is 5.32 Å². The van der Waals surface area contributed by atoms with E-state index in [1.807, 2.05) is 30.3 Å². The summed E-state index contributed by atoms with van der Waals surface area (Å²) in [7, 11) is 1.52. The number of esters is 2. The Labute approximate surface area is 209 Å². The summed E-state index contributed by atoms with van der Waals surface area (Å²) in [6, 6.07) is 15.2. The number of carbonyl (C=O) groups is 2. The largest absolute Gasteiger partial charge is 0.460 e. The lowest BCUT2D eigenvalue weighted by Crippen LogP contribution is -2.33. The first-order chi connectivity index (χ1) is 17.1. The van der Waals surface area contributed by atoms with Gasteiger partial charge in [0.05, 0.1) is 28.1 Å². The minimum Gasteiger partial charge on any atom is -0.460 e. The lowest BCUT2D eigenvalue weighted by molar-refractivity contribution is -0.384. The molecule has 0 saturated carbocycles. The first-order valence-electron chi connectivity index (χ1n) is 11.5. The number of rotatable bonds is 9. The zero-order chi connectivity index (χ0) is 26.4. The molecule has 1 N–H and O–H groups in total. The third kappa shape index (κ3) is 5.98. The molecular weight excluding hydrogens is 464 g/mol. The van der Waals surface area contributed by atoms with Crippen LogP contribution in [0.15, 0.2) is 77.1 Å². The van der Waals surface area contributed by atoms with Gasteiger partial charge in [-0.05, 0) is 38.8 Å². The second-order valence-corrected chi connectivity index (χ2v) is 8.68. The van der Waals surface area contributed by atoms with E-state index in [1.54, 1.807) is 33.8 Å². The number of non-ortho nitro benzene ring substituents is 1. The molecule has 2 atom stereocenters. The molecule has 0 aliphatic carbocycles. The Hall–Kier alpha value is -3.98. The van der Waals surface area contributed by atoms with Crippen LogP contribution in [0.1, 0.15) is 50.8 Å². The van der Waals surface area contributed by atoms with Gasteiger partial charge >= 0.3 is 11.9 Å². The first-order valence-corrected chi connectivity index (χ1v) is 11.5. The van der Waals surface area contributed by atoms with Crippen LogP contribution in [0.25, 0.3) is 0 Å². The highest BCUT2D eigenvalue weighted by atomic mass is 16.6. The van der Waals surface area contributed by atoms with E-state index in [4.69, 9.17) is 14.2 Å². The summed E-state index contributed by atoms with van der Waals surface area (Å²) in [5, 5.41) is 14.5. The molecule has 0 radical (unpaired) electrons. The maximum absolute atomic E-state index is 13.5. The van der Waals surface area contributed by atoms with E-state index in [0.717, 1.165) is 5.56 Å². The van der Waals surface area contributed by atoms with Gasteiger partial charge in [0.15, 0.2) is 0 Å². The number of hydrogen-bond acceptors (Lipinski definition) is 8. The number of nitrogens with one attached hydrogen (secondary N) is 1. The van der Waals surface area contributed by atoms with Crippen LogP contribution in [-0.4, -0.2) is 36.7 Å². The van der Waals surface area contributed by atoms with Crippen molar-refractivity contribution in [2.24, 2.45) is 0 Å². The molecule has 9 heteroatoms. The number of nitrogens with zero attached hydrogens (tertiary/aromatic N) is 1. The number of benzene rings is 2. The minimum absolute atomic E-state index is 0.0632. The molecule has 1 aliphatic rings. The van der Waals surface area contributed by atoms with Gasteiger partial charge < -0.3 is 19.5 Å². The number of dihydropyridines is 1. The van der Waals surface area contributed by atoms with Gasteiger partial charge in [-0.1, -0.05) is 42.5 Å². The fraction of sp³-hybridized carbons (Fsp3) is 0.333. The molecule has 3 rings (SSSR count). The molecule has 36 heavy (non-hydrogen) atoms. The Balaban J connectivity index is 2.01. The molecule has 0 amide bonds. The Morgan fingerprint density at radius 3 is 2.22 bits per heavy atom. The molecule has 9 nitrogen and oxygen atoms in total. The van der Waals surface area contributed by atoms with Gasteiger partial charge in [-0.25, -0.2) is 9.59 Å². The van der Waals surface area contributed by atoms with Crippen LogP contribution in [0.2, 0.25) is 0 Å². The number of nitro groups is 1. The van der Waals surface area contributed by atoms with Crippen LogP contribution in [0.5, 0.6) is 0 Å². The van der Waals surface area contributed by atoms with Gasteiger partial charge in [-0.3, -0.25) is 10.1 Å². The minimum atomic E-state index is -0.928. The number of hydrogen-bond donors (Lipinski definition) is 1. The molecule has 190 valence electrons. The van der Waals surface area contributed by atoms with Crippen molar-refractivity contribution in [3.63, 3.8) is 0 Å². The van der Waals surface area contributed by atoms with E-state index < -0.39 is 35.0 Å². The lowest BCUT2D eigenvalue weighted by atomic mass is 9.80. The van der Waals surface area contributed by atoms with E-state index in [1.165, 1.54) is 25.3 Å². The van der Waals surface area contributed by atoms with E-state index >= 15 is 0 Å². The fourth-order valence-corrected chi connectivity index (χ4v) is 4.16. The standard InChI is InChI=1S/C27H30N2O7/c1-16(2)36-27(31)24-18(4)28-17(3)23(25(24)20-12-9-13-21(14-20)29(32)33)26(30)35-15-22(34-5)19-10-7-6-8-11-19/h6-14,16,22,25,28H,15H2,1-5H3/t22-,25?/m1/s1. The second kappa shape index (κ2) is 11.6. The van der Waals surface area contributed by atoms with Crippen molar-refractivity contribution in [1.29, 1.82) is 0 Å². The van der Waals surface area contributed by atoms with Crippen molar-refractivity contribution in [3.8, 4) is 0 Å². The summed E-state index contributed by atoms with van der Waals surface area (Å²) < 4.78 is 16.6. The SMILES string of the molecule is CO[C@H](COC(=O)C1=C(C)NC(C)=C(C(=O)OC(C)C)C1c1cccc([N+](=O)[O-])c1)c1ccccc1. The van der Waals surface area contributed by atoms with E-state index in [2.05, 4.69) is 5.32 Å². The van der Waals surface area contributed by atoms with Crippen LogP contribution in [-0.2, 0) is 23.8 Å². The maximum Gasteiger partial charge on any atom is 0.337 e. The highest BCUT2D eigenvalue weighted by Gasteiger charge is 2.39. The topological polar surface area (TPSA) is 117 Å². The molecule has 0 saturated heterocycles. The van der Waals surface area contributed by atoms with Crippen LogP contribution >= 0.6 is 0 Å². The number of nitro benzene ring substituents is 1. The van der Waals surface area contributed by atoms with Gasteiger partial charge in [-0.15, -0.1) is 0 Å². The molecular formula is C27H30N2O7. The Bertz CT molecular complexity index is 1200. The molecule has 0 fully saturated rings. The van der Waals surface area contributed by atoms with E-state index in [0.29, 0.717) is 17.0 Å². The molecule has 1 unspecified atom stereocenters.